The first-order chi connectivity index (χ1) is 10.3. The largest absolute Gasteiger partial charge is 0.481 e. The maximum absolute atomic E-state index is 12.8. The molecule has 0 heterocycles. The number of aliphatic carboxylic acids is 1. The van der Waals surface area contributed by atoms with Gasteiger partial charge in [-0.1, -0.05) is 33.1 Å². The van der Waals surface area contributed by atoms with E-state index in [2.05, 4.69) is 5.32 Å². The molecule has 0 aliphatic heterocycles. The first-order valence-electron chi connectivity index (χ1n) is 7.99. The summed E-state index contributed by atoms with van der Waals surface area (Å²) in [6, 6.07) is 0. The molecule has 7 heteroatoms. The third kappa shape index (κ3) is 5.26. The number of rotatable bonds is 8. The third-order valence-corrected chi connectivity index (χ3v) is 6.97. The van der Waals surface area contributed by atoms with Gasteiger partial charge in [-0.25, -0.2) is 8.42 Å². The van der Waals surface area contributed by atoms with Gasteiger partial charge in [0.15, 0.2) is 9.84 Å². The SMILES string of the molecule is CC(C)C(C(=O)NCCCC(=O)O)S(=O)(=O)C1CCCCC1. The van der Waals surface area contributed by atoms with Crippen LogP contribution in [0.3, 0.4) is 0 Å². The normalized spacial score (nSPS) is 18.1. The van der Waals surface area contributed by atoms with Gasteiger partial charge in [0.25, 0.3) is 0 Å². The van der Waals surface area contributed by atoms with Gasteiger partial charge in [0.05, 0.1) is 5.25 Å². The smallest absolute Gasteiger partial charge is 0.303 e. The average molecular weight is 333 g/mol. The highest BCUT2D eigenvalue weighted by Crippen LogP contribution is 2.29. The number of sulfone groups is 1. The van der Waals surface area contributed by atoms with Gasteiger partial charge in [-0.15, -0.1) is 0 Å². The number of hydrogen-bond acceptors (Lipinski definition) is 4. The predicted molar refractivity (Wildman–Crippen MR) is 84.3 cm³/mol. The molecule has 1 amide bonds. The maximum Gasteiger partial charge on any atom is 0.303 e. The second-order valence-electron chi connectivity index (χ2n) is 6.30. The zero-order chi connectivity index (χ0) is 16.8. The summed E-state index contributed by atoms with van der Waals surface area (Å²) in [4.78, 5) is 22.7. The number of carboxylic acid groups (broad SMARTS) is 1. The van der Waals surface area contributed by atoms with Crippen LogP contribution in [0.4, 0.5) is 0 Å². The quantitative estimate of drug-likeness (QED) is 0.659. The lowest BCUT2D eigenvalue weighted by molar-refractivity contribution is -0.137. The Morgan fingerprint density at radius 3 is 2.27 bits per heavy atom. The molecule has 0 aromatic carbocycles. The van der Waals surface area contributed by atoms with Crippen molar-refractivity contribution in [3.63, 3.8) is 0 Å². The molecule has 0 spiro atoms. The van der Waals surface area contributed by atoms with E-state index in [0.29, 0.717) is 19.3 Å². The van der Waals surface area contributed by atoms with Crippen LogP contribution < -0.4 is 5.32 Å². The Morgan fingerprint density at radius 2 is 1.77 bits per heavy atom. The van der Waals surface area contributed by atoms with Gasteiger partial charge < -0.3 is 10.4 Å². The number of carbonyl (C=O) groups is 2. The van der Waals surface area contributed by atoms with E-state index >= 15 is 0 Å². The number of nitrogens with one attached hydrogen (secondary N) is 1. The summed E-state index contributed by atoms with van der Waals surface area (Å²) in [5.74, 6) is -1.72. The van der Waals surface area contributed by atoms with Crippen molar-refractivity contribution in [3.8, 4) is 0 Å². The first-order valence-corrected chi connectivity index (χ1v) is 9.60. The minimum absolute atomic E-state index is 0.0397. The lowest BCUT2D eigenvalue weighted by Gasteiger charge is -2.28. The van der Waals surface area contributed by atoms with Crippen LogP contribution in [0.15, 0.2) is 0 Å². The first kappa shape index (κ1) is 18.9. The van der Waals surface area contributed by atoms with Crippen LogP contribution in [0.1, 0.15) is 58.8 Å². The lowest BCUT2D eigenvalue weighted by atomic mass is 10.0. The predicted octanol–water partition coefficient (Wildman–Crippen LogP) is 1.74. The molecule has 1 unspecified atom stereocenters. The fourth-order valence-corrected chi connectivity index (χ4v) is 5.53. The van der Waals surface area contributed by atoms with Crippen LogP contribution in [0.2, 0.25) is 0 Å². The second kappa shape index (κ2) is 8.50. The molecule has 1 aliphatic carbocycles. The Bertz CT molecular complexity index is 480. The van der Waals surface area contributed by atoms with Crippen LogP contribution >= 0.6 is 0 Å². The average Bonchev–Trinajstić information content (AvgIpc) is 2.43. The van der Waals surface area contributed by atoms with Crippen LogP contribution in [0.5, 0.6) is 0 Å². The Labute approximate surface area is 132 Å². The molecule has 0 saturated heterocycles. The number of hydrogen-bond donors (Lipinski definition) is 2. The van der Waals surface area contributed by atoms with Crippen LogP contribution in [0, 0.1) is 5.92 Å². The molecule has 1 fully saturated rings. The zero-order valence-corrected chi connectivity index (χ0v) is 14.2. The van der Waals surface area contributed by atoms with Gasteiger partial charge in [0, 0.05) is 13.0 Å². The summed E-state index contributed by atoms with van der Waals surface area (Å²) in [5.41, 5.74) is 0. The maximum atomic E-state index is 12.8. The van der Waals surface area contributed by atoms with Gasteiger partial charge >= 0.3 is 5.97 Å². The molecule has 1 atom stereocenters. The molecule has 1 saturated carbocycles. The fraction of sp³-hybridized carbons (Fsp3) is 0.867. The minimum atomic E-state index is -3.50. The Balaban J connectivity index is 2.70. The summed E-state index contributed by atoms with van der Waals surface area (Å²) in [7, 11) is -3.50. The molecule has 2 N–H and O–H groups in total. The van der Waals surface area contributed by atoms with Crippen molar-refractivity contribution in [1.82, 2.24) is 5.32 Å². The molecule has 22 heavy (non-hydrogen) atoms. The Hall–Kier alpha value is -1.11. The highest BCUT2D eigenvalue weighted by molar-refractivity contribution is 7.93. The van der Waals surface area contributed by atoms with E-state index in [1.54, 1.807) is 13.8 Å². The van der Waals surface area contributed by atoms with Crippen molar-refractivity contribution in [3.05, 3.63) is 0 Å². The molecule has 0 radical (unpaired) electrons. The van der Waals surface area contributed by atoms with Crippen LogP contribution in [-0.2, 0) is 19.4 Å². The lowest BCUT2D eigenvalue weighted by Crippen LogP contribution is -2.47. The molecule has 1 aliphatic rings. The molecule has 128 valence electrons. The van der Waals surface area contributed by atoms with Gasteiger partial charge in [-0.3, -0.25) is 9.59 Å². The summed E-state index contributed by atoms with van der Waals surface area (Å²) < 4.78 is 25.5. The summed E-state index contributed by atoms with van der Waals surface area (Å²) in [6.45, 7) is 3.66. The van der Waals surface area contributed by atoms with Crippen molar-refractivity contribution in [1.29, 1.82) is 0 Å². The molecular weight excluding hydrogens is 306 g/mol. The highest BCUT2D eigenvalue weighted by Gasteiger charge is 2.40. The van der Waals surface area contributed by atoms with Crippen molar-refractivity contribution in [2.24, 2.45) is 5.92 Å². The van der Waals surface area contributed by atoms with E-state index in [4.69, 9.17) is 5.11 Å². The topological polar surface area (TPSA) is 101 Å². The van der Waals surface area contributed by atoms with Crippen LogP contribution in [0.25, 0.3) is 0 Å². The van der Waals surface area contributed by atoms with Crippen molar-refractivity contribution < 1.29 is 23.1 Å². The monoisotopic (exact) mass is 333 g/mol. The van der Waals surface area contributed by atoms with E-state index in [0.717, 1.165) is 19.3 Å². The molecule has 0 bridgehead atoms. The molecular formula is C15H27NO5S. The van der Waals surface area contributed by atoms with Crippen molar-refractivity contribution in [2.75, 3.05) is 6.54 Å². The van der Waals surface area contributed by atoms with Crippen molar-refractivity contribution >= 4 is 21.7 Å². The summed E-state index contributed by atoms with van der Waals surface area (Å²) >= 11 is 0. The van der Waals surface area contributed by atoms with E-state index in [9.17, 15) is 18.0 Å². The van der Waals surface area contributed by atoms with Gasteiger partial charge in [-0.2, -0.15) is 0 Å². The van der Waals surface area contributed by atoms with Gasteiger partial charge in [0.2, 0.25) is 5.91 Å². The minimum Gasteiger partial charge on any atom is -0.481 e. The standard InChI is InChI=1S/C15H27NO5S/c1-11(2)14(15(19)16-10-6-9-13(17)18)22(20,21)12-7-4-3-5-8-12/h11-12,14H,3-10H2,1-2H3,(H,16,19)(H,17,18). The zero-order valence-electron chi connectivity index (χ0n) is 13.4. The number of carbonyl (C=O) groups excluding carboxylic acids is 1. The van der Waals surface area contributed by atoms with Crippen molar-refractivity contribution in [2.45, 2.75) is 69.3 Å². The van der Waals surface area contributed by atoms with E-state index in [1.807, 2.05) is 0 Å². The number of amides is 1. The van der Waals surface area contributed by atoms with E-state index in [1.165, 1.54) is 0 Å². The summed E-state index contributed by atoms with van der Waals surface area (Å²) in [6.07, 6.45) is 4.39. The molecule has 0 aromatic heterocycles. The Kier molecular flexibility index (Phi) is 7.32. The highest BCUT2D eigenvalue weighted by atomic mass is 32.2. The van der Waals surface area contributed by atoms with E-state index in [-0.39, 0.29) is 18.9 Å². The second-order valence-corrected chi connectivity index (χ2v) is 8.65. The number of carboxylic acids is 1. The molecule has 1 rings (SSSR count). The molecule has 0 aromatic rings. The van der Waals surface area contributed by atoms with Gasteiger partial charge in [0.1, 0.15) is 5.25 Å². The van der Waals surface area contributed by atoms with E-state index < -0.39 is 32.2 Å². The summed E-state index contributed by atoms with van der Waals surface area (Å²) in [5, 5.41) is 9.69. The molecule has 6 nitrogen and oxygen atoms in total. The third-order valence-electron chi connectivity index (χ3n) is 4.10. The van der Waals surface area contributed by atoms with Gasteiger partial charge in [-0.05, 0) is 25.2 Å². The van der Waals surface area contributed by atoms with Crippen LogP contribution in [-0.4, -0.2) is 42.4 Å². The Morgan fingerprint density at radius 1 is 1.18 bits per heavy atom. The fourth-order valence-electron chi connectivity index (χ4n) is 2.98.